The fourth-order valence-electron chi connectivity index (χ4n) is 4.32. The summed E-state index contributed by atoms with van der Waals surface area (Å²) >= 11 is 0. The molecule has 0 aliphatic heterocycles. The van der Waals surface area contributed by atoms with Crippen LogP contribution < -0.4 is 6.15 Å². The monoisotopic (exact) mass is 427 g/mol. The van der Waals surface area contributed by atoms with Crippen LogP contribution in [0.25, 0.3) is 0 Å². The lowest BCUT2D eigenvalue weighted by Crippen LogP contribution is -2.13. The van der Waals surface area contributed by atoms with Gasteiger partial charge < -0.3 is 11.3 Å². The molecule has 0 amide bonds. The molecule has 1 atom stereocenters. The minimum atomic E-state index is -0.576. The second-order valence-corrected chi connectivity index (χ2v) is 9.33. The summed E-state index contributed by atoms with van der Waals surface area (Å²) in [6.07, 6.45) is 30.1. The number of hydrogen-bond donors (Lipinski definition) is 2. The van der Waals surface area contributed by atoms with Crippen LogP contribution in [0.1, 0.15) is 162 Å². The Morgan fingerprint density at radius 1 is 0.500 bits per heavy atom. The van der Waals surface area contributed by atoms with Crippen LogP contribution in [0, 0.1) is 5.92 Å². The summed E-state index contributed by atoms with van der Waals surface area (Å²) in [7, 11) is 0. The van der Waals surface area contributed by atoms with E-state index in [-0.39, 0.29) is 12.1 Å². The van der Waals surface area contributed by atoms with Crippen molar-refractivity contribution in [3.63, 3.8) is 0 Å². The number of carboxylic acid groups (broad SMARTS) is 1. The summed E-state index contributed by atoms with van der Waals surface area (Å²) < 4.78 is 0. The van der Waals surface area contributed by atoms with Gasteiger partial charge in [0, 0.05) is 0 Å². The van der Waals surface area contributed by atoms with Crippen molar-refractivity contribution in [3.05, 3.63) is 0 Å². The van der Waals surface area contributed by atoms with E-state index in [9.17, 15) is 9.90 Å². The number of unbranched alkanes of at least 4 members (excludes halogenated alkanes) is 19. The van der Waals surface area contributed by atoms with E-state index >= 15 is 0 Å². The summed E-state index contributed by atoms with van der Waals surface area (Å²) in [5.74, 6) is -0.671. The highest BCUT2D eigenvalue weighted by Crippen LogP contribution is 2.19. The molecule has 0 aliphatic carbocycles. The van der Waals surface area contributed by atoms with Gasteiger partial charge in [0.25, 0.3) is 0 Å². The minimum Gasteiger partial charge on any atom is -0.481 e. The highest BCUT2D eigenvalue weighted by Gasteiger charge is 2.15. The summed E-state index contributed by atoms with van der Waals surface area (Å²) in [6, 6.07) is 0. The summed E-state index contributed by atoms with van der Waals surface area (Å²) in [4.78, 5) is 11.3. The van der Waals surface area contributed by atoms with E-state index in [0.717, 1.165) is 25.7 Å². The normalized spacial score (nSPS) is 11.9. The Balaban J connectivity index is 0. The Hall–Kier alpha value is -0.570. The number of carboxylic acids is 1. The average molecular weight is 428 g/mol. The molecule has 0 aromatic carbocycles. The maximum Gasteiger partial charge on any atom is 0.306 e. The van der Waals surface area contributed by atoms with Gasteiger partial charge >= 0.3 is 5.97 Å². The van der Waals surface area contributed by atoms with E-state index in [4.69, 9.17) is 0 Å². The van der Waals surface area contributed by atoms with Gasteiger partial charge in [-0.25, -0.2) is 0 Å². The zero-order valence-corrected chi connectivity index (χ0v) is 20.9. The van der Waals surface area contributed by atoms with Crippen molar-refractivity contribution < 1.29 is 9.90 Å². The summed E-state index contributed by atoms with van der Waals surface area (Å²) in [6.45, 7) is 4.46. The van der Waals surface area contributed by atoms with Crippen LogP contribution in [0.3, 0.4) is 0 Å². The second-order valence-electron chi connectivity index (χ2n) is 9.33. The van der Waals surface area contributed by atoms with Crippen LogP contribution in [0.2, 0.25) is 0 Å². The molecule has 182 valence electrons. The first-order valence-corrected chi connectivity index (χ1v) is 13.4. The fourth-order valence-corrected chi connectivity index (χ4v) is 4.32. The van der Waals surface area contributed by atoms with E-state index in [0.29, 0.717) is 0 Å². The second kappa shape index (κ2) is 26.5. The summed E-state index contributed by atoms with van der Waals surface area (Å²) in [5, 5.41) is 9.32. The van der Waals surface area contributed by atoms with E-state index < -0.39 is 5.97 Å². The zero-order valence-electron chi connectivity index (χ0n) is 20.9. The molecule has 0 radical (unpaired) electrons. The van der Waals surface area contributed by atoms with Gasteiger partial charge in [0.1, 0.15) is 0 Å². The van der Waals surface area contributed by atoms with Crippen LogP contribution in [0.4, 0.5) is 0 Å². The van der Waals surface area contributed by atoms with Crippen molar-refractivity contribution in [1.82, 2.24) is 6.15 Å². The van der Waals surface area contributed by atoms with Gasteiger partial charge in [-0.3, -0.25) is 4.79 Å². The predicted molar refractivity (Wildman–Crippen MR) is 134 cm³/mol. The molecular formula is C27H57NO2. The standard InChI is InChI=1S/C27H54O2.H3N/c1-3-5-7-8-9-10-11-12-13-14-15-16-17-18-19-20-21-23-25-26(27(28)29)24-22-6-4-2;/h26H,3-25H2,1-2H3,(H,28,29);1H3. The Labute approximate surface area is 189 Å². The molecule has 0 fully saturated rings. The van der Waals surface area contributed by atoms with Crippen LogP contribution in [0.5, 0.6) is 0 Å². The van der Waals surface area contributed by atoms with Crippen molar-refractivity contribution in [2.24, 2.45) is 5.92 Å². The van der Waals surface area contributed by atoms with E-state index in [1.54, 1.807) is 0 Å². The number of hydrogen-bond acceptors (Lipinski definition) is 2. The molecule has 0 aliphatic rings. The van der Waals surface area contributed by atoms with Gasteiger partial charge in [0.2, 0.25) is 0 Å². The number of rotatable bonds is 24. The minimum absolute atomic E-state index is 0. The molecule has 3 heteroatoms. The highest BCUT2D eigenvalue weighted by molar-refractivity contribution is 5.69. The first-order valence-electron chi connectivity index (χ1n) is 13.4. The van der Waals surface area contributed by atoms with Crippen molar-refractivity contribution in [2.75, 3.05) is 0 Å². The van der Waals surface area contributed by atoms with E-state index in [2.05, 4.69) is 13.8 Å². The zero-order chi connectivity index (χ0) is 21.4. The fraction of sp³-hybridized carbons (Fsp3) is 0.963. The Morgan fingerprint density at radius 2 is 0.733 bits per heavy atom. The molecule has 0 aromatic heterocycles. The average Bonchev–Trinajstić information content (AvgIpc) is 2.71. The molecule has 3 nitrogen and oxygen atoms in total. The van der Waals surface area contributed by atoms with Crippen LogP contribution >= 0.6 is 0 Å². The molecule has 1 unspecified atom stereocenters. The van der Waals surface area contributed by atoms with E-state index in [1.165, 1.54) is 122 Å². The van der Waals surface area contributed by atoms with Gasteiger partial charge in [-0.05, 0) is 12.8 Å². The highest BCUT2D eigenvalue weighted by atomic mass is 16.4. The molecule has 0 saturated carbocycles. The third-order valence-corrected chi connectivity index (χ3v) is 6.41. The Kier molecular flexibility index (Phi) is 27.9. The quantitative estimate of drug-likeness (QED) is 0.150. The maximum atomic E-state index is 11.3. The van der Waals surface area contributed by atoms with Gasteiger partial charge in [-0.15, -0.1) is 0 Å². The van der Waals surface area contributed by atoms with Gasteiger partial charge in [-0.1, -0.05) is 149 Å². The van der Waals surface area contributed by atoms with Crippen molar-refractivity contribution in [3.8, 4) is 0 Å². The first kappa shape index (κ1) is 31.6. The van der Waals surface area contributed by atoms with Gasteiger partial charge in [0.05, 0.1) is 5.92 Å². The molecule has 0 aromatic rings. The SMILES string of the molecule is CCCCCCCCCCCCCCCCCCCCC(CCCCC)C(=O)O.N. The lowest BCUT2D eigenvalue weighted by Gasteiger charge is -2.11. The smallest absolute Gasteiger partial charge is 0.306 e. The molecule has 0 saturated heterocycles. The van der Waals surface area contributed by atoms with Crippen molar-refractivity contribution in [1.29, 1.82) is 0 Å². The molecule has 0 heterocycles. The third-order valence-electron chi connectivity index (χ3n) is 6.41. The summed E-state index contributed by atoms with van der Waals surface area (Å²) in [5.41, 5.74) is 0. The van der Waals surface area contributed by atoms with E-state index in [1.807, 2.05) is 0 Å². The molecule has 0 spiro atoms. The van der Waals surface area contributed by atoms with Crippen LogP contribution in [-0.4, -0.2) is 11.1 Å². The third kappa shape index (κ3) is 23.7. The maximum absolute atomic E-state index is 11.3. The lowest BCUT2D eigenvalue weighted by atomic mass is 9.94. The van der Waals surface area contributed by atoms with Crippen molar-refractivity contribution in [2.45, 2.75) is 162 Å². The molecule has 0 rings (SSSR count). The molecule has 4 N–H and O–H groups in total. The van der Waals surface area contributed by atoms with Crippen molar-refractivity contribution >= 4 is 5.97 Å². The van der Waals surface area contributed by atoms with Crippen LogP contribution in [0.15, 0.2) is 0 Å². The Bertz CT molecular complexity index is 333. The predicted octanol–water partition coefficient (Wildman–Crippen LogP) is 9.86. The lowest BCUT2D eigenvalue weighted by molar-refractivity contribution is -0.142. The largest absolute Gasteiger partial charge is 0.481 e. The topological polar surface area (TPSA) is 72.3 Å². The number of aliphatic carboxylic acids is 1. The molecular weight excluding hydrogens is 370 g/mol. The number of carbonyl (C=O) groups is 1. The molecule has 0 bridgehead atoms. The van der Waals surface area contributed by atoms with Gasteiger partial charge in [0.15, 0.2) is 0 Å². The van der Waals surface area contributed by atoms with Crippen LogP contribution in [-0.2, 0) is 4.79 Å². The Morgan fingerprint density at radius 3 is 1.03 bits per heavy atom. The van der Waals surface area contributed by atoms with Gasteiger partial charge in [-0.2, -0.15) is 0 Å². The molecule has 30 heavy (non-hydrogen) atoms. The first-order chi connectivity index (χ1) is 14.2.